The van der Waals surface area contributed by atoms with Gasteiger partial charge < -0.3 is 19.5 Å². The van der Waals surface area contributed by atoms with Gasteiger partial charge >= 0.3 is 5.97 Å². The van der Waals surface area contributed by atoms with Gasteiger partial charge in [-0.3, -0.25) is 4.79 Å². The first-order valence-corrected chi connectivity index (χ1v) is 6.25. The summed E-state index contributed by atoms with van der Waals surface area (Å²) in [5.41, 5.74) is 0.436. The van der Waals surface area contributed by atoms with Crippen molar-refractivity contribution in [3.05, 3.63) is 18.2 Å². The third-order valence-electron chi connectivity index (χ3n) is 3.40. The molecule has 2 rings (SSSR count). The van der Waals surface area contributed by atoms with Crippen molar-refractivity contribution in [2.24, 2.45) is 0 Å². The minimum Gasteiger partial charge on any atom is -0.486 e. The van der Waals surface area contributed by atoms with Crippen LogP contribution < -0.4 is 14.4 Å². The molecule has 0 saturated heterocycles. The van der Waals surface area contributed by atoms with Crippen LogP contribution in [0.4, 0.5) is 5.69 Å². The number of hydrogen-bond donors (Lipinski definition) is 1. The van der Waals surface area contributed by atoms with Gasteiger partial charge in [0.1, 0.15) is 13.2 Å². The van der Waals surface area contributed by atoms with Gasteiger partial charge in [-0.15, -0.1) is 0 Å². The van der Waals surface area contributed by atoms with E-state index in [1.807, 2.05) is 44.0 Å². The molecule has 0 saturated carbocycles. The highest BCUT2D eigenvalue weighted by atomic mass is 16.6. The first-order valence-electron chi connectivity index (χ1n) is 6.25. The molecule has 5 nitrogen and oxygen atoms in total. The predicted molar refractivity (Wildman–Crippen MR) is 72.2 cm³/mol. The van der Waals surface area contributed by atoms with Crippen LogP contribution in [-0.4, -0.2) is 36.9 Å². The molecule has 0 aromatic heterocycles. The maximum absolute atomic E-state index is 10.9. The summed E-state index contributed by atoms with van der Waals surface area (Å²) in [6.45, 7) is 4.90. The second-order valence-electron chi connectivity index (χ2n) is 5.27. The normalized spacial score (nSPS) is 14.1. The summed E-state index contributed by atoms with van der Waals surface area (Å²) in [6.07, 6.45) is 0.0674. The monoisotopic (exact) mass is 265 g/mol. The number of nitrogens with zero attached hydrogens (tertiary/aromatic N) is 1. The van der Waals surface area contributed by atoms with Crippen LogP contribution in [0.5, 0.6) is 11.5 Å². The fourth-order valence-corrected chi connectivity index (χ4v) is 2.08. The topological polar surface area (TPSA) is 59.0 Å². The number of rotatable bonds is 4. The second kappa shape index (κ2) is 4.99. The number of carboxylic acid groups (broad SMARTS) is 1. The number of anilines is 1. The molecular formula is C14H19NO4. The van der Waals surface area contributed by atoms with E-state index in [0.29, 0.717) is 19.0 Å². The van der Waals surface area contributed by atoms with Crippen LogP contribution in [0.25, 0.3) is 0 Å². The smallest absolute Gasteiger partial charge is 0.305 e. The Morgan fingerprint density at radius 1 is 1.32 bits per heavy atom. The van der Waals surface area contributed by atoms with Gasteiger partial charge in [0.15, 0.2) is 11.5 Å². The number of carboxylic acids is 1. The van der Waals surface area contributed by atoms with Crippen molar-refractivity contribution < 1.29 is 19.4 Å². The summed E-state index contributed by atoms with van der Waals surface area (Å²) in [7, 11) is 1.88. The summed E-state index contributed by atoms with van der Waals surface area (Å²) in [6, 6.07) is 5.66. The van der Waals surface area contributed by atoms with E-state index in [4.69, 9.17) is 14.6 Å². The first-order chi connectivity index (χ1) is 8.90. The zero-order valence-electron chi connectivity index (χ0n) is 11.5. The summed E-state index contributed by atoms with van der Waals surface area (Å²) in [4.78, 5) is 12.9. The van der Waals surface area contributed by atoms with Crippen molar-refractivity contribution >= 4 is 11.7 Å². The number of aliphatic carboxylic acids is 1. The number of fused-ring (bicyclic) bond motifs is 1. The Kier molecular flexibility index (Phi) is 3.55. The molecule has 1 aromatic carbocycles. The van der Waals surface area contributed by atoms with Crippen LogP contribution in [0.1, 0.15) is 20.3 Å². The van der Waals surface area contributed by atoms with Gasteiger partial charge in [-0.2, -0.15) is 0 Å². The molecule has 1 heterocycles. The minimum absolute atomic E-state index is 0.0674. The van der Waals surface area contributed by atoms with E-state index in [9.17, 15) is 4.79 Å². The van der Waals surface area contributed by atoms with Crippen molar-refractivity contribution in [3.63, 3.8) is 0 Å². The van der Waals surface area contributed by atoms with Crippen LogP contribution in [0.2, 0.25) is 0 Å². The van der Waals surface area contributed by atoms with Gasteiger partial charge in [0.05, 0.1) is 6.42 Å². The number of ether oxygens (including phenoxy) is 2. The molecule has 0 aliphatic carbocycles. The fourth-order valence-electron chi connectivity index (χ4n) is 2.08. The predicted octanol–water partition coefficient (Wildman–Crippen LogP) is 2.15. The minimum atomic E-state index is -0.811. The van der Waals surface area contributed by atoms with Gasteiger partial charge in [-0.1, -0.05) is 0 Å². The van der Waals surface area contributed by atoms with Crippen LogP contribution >= 0.6 is 0 Å². The SMILES string of the molecule is CN(c1ccc2c(c1)OCCO2)C(C)(C)CC(=O)O. The van der Waals surface area contributed by atoms with Crippen LogP contribution in [0.3, 0.4) is 0 Å². The highest BCUT2D eigenvalue weighted by molar-refractivity contribution is 5.70. The number of benzene rings is 1. The zero-order chi connectivity index (χ0) is 14.0. The average molecular weight is 265 g/mol. The molecule has 0 amide bonds. The standard InChI is InChI=1S/C14H19NO4/c1-14(2,9-13(16)17)15(3)10-4-5-11-12(8-10)19-7-6-18-11/h4-5,8H,6-7,9H2,1-3H3,(H,16,17). The molecule has 1 aliphatic heterocycles. The maximum Gasteiger partial charge on any atom is 0.305 e. The summed E-state index contributed by atoms with van der Waals surface area (Å²) in [5.74, 6) is 0.635. The summed E-state index contributed by atoms with van der Waals surface area (Å²) in [5, 5.41) is 8.97. The Bertz CT molecular complexity index is 484. The lowest BCUT2D eigenvalue weighted by molar-refractivity contribution is -0.138. The van der Waals surface area contributed by atoms with Gasteiger partial charge in [0.25, 0.3) is 0 Å². The number of hydrogen-bond acceptors (Lipinski definition) is 4. The largest absolute Gasteiger partial charge is 0.486 e. The summed E-state index contributed by atoms with van der Waals surface area (Å²) >= 11 is 0. The van der Waals surface area contributed by atoms with Crippen molar-refractivity contribution in [2.75, 3.05) is 25.2 Å². The van der Waals surface area contributed by atoms with Gasteiger partial charge in [0.2, 0.25) is 0 Å². The van der Waals surface area contributed by atoms with E-state index in [2.05, 4.69) is 0 Å². The van der Waals surface area contributed by atoms with Gasteiger partial charge in [0, 0.05) is 24.3 Å². The lowest BCUT2D eigenvalue weighted by Crippen LogP contribution is -2.43. The second-order valence-corrected chi connectivity index (χ2v) is 5.27. The Labute approximate surface area is 112 Å². The quantitative estimate of drug-likeness (QED) is 0.904. The van der Waals surface area contributed by atoms with E-state index in [-0.39, 0.29) is 6.42 Å². The van der Waals surface area contributed by atoms with Crippen molar-refractivity contribution in [3.8, 4) is 11.5 Å². The van der Waals surface area contributed by atoms with Crippen molar-refractivity contribution in [2.45, 2.75) is 25.8 Å². The molecular weight excluding hydrogens is 246 g/mol. The molecule has 0 fully saturated rings. The molecule has 0 unspecified atom stereocenters. The molecule has 0 radical (unpaired) electrons. The van der Waals surface area contributed by atoms with E-state index >= 15 is 0 Å². The van der Waals surface area contributed by atoms with Gasteiger partial charge in [-0.25, -0.2) is 0 Å². The number of carbonyl (C=O) groups is 1. The lowest BCUT2D eigenvalue weighted by Gasteiger charge is -2.36. The van der Waals surface area contributed by atoms with E-state index < -0.39 is 11.5 Å². The third kappa shape index (κ3) is 2.92. The van der Waals surface area contributed by atoms with Gasteiger partial charge in [-0.05, 0) is 26.0 Å². The Balaban J connectivity index is 2.23. The maximum atomic E-state index is 10.9. The van der Waals surface area contributed by atoms with E-state index in [1.165, 1.54) is 0 Å². The van der Waals surface area contributed by atoms with Crippen LogP contribution in [-0.2, 0) is 4.79 Å². The molecule has 1 N–H and O–H groups in total. The first kappa shape index (κ1) is 13.5. The molecule has 0 spiro atoms. The highest BCUT2D eigenvalue weighted by Gasteiger charge is 2.27. The molecule has 1 aromatic rings. The molecule has 0 atom stereocenters. The highest BCUT2D eigenvalue weighted by Crippen LogP contribution is 2.35. The molecule has 5 heteroatoms. The molecule has 19 heavy (non-hydrogen) atoms. The third-order valence-corrected chi connectivity index (χ3v) is 3.40. The summed E-state index contributed by atoms with van der Waals surface area (Å²) < 4.78 is 11.0. The van der Waals surface area contributed by atoms with Crippen LogP contribution in [0.15, 0.2) is 18.2 Å². The Morgan fingerprint density at radius 3 is 2.58 bits per heavy atom. The van der Waals surface area contributed by atoms with E-state index in [0.717, 1.165) is 11.4 Å². The van der Waals surface area contributed by atoms with Crippen molar-refractivity contribution in [1.29, 1.82) is 0 Å². The fraction of sp³-hybridized carbons (Fsp3) is 0.500. The Morgan fingerprint density at radius 2 is 1.95 bits per heavy atom. The molecule has 1 aliphatic rings. The van der Waals surface area contributed by atoms with E-state index in [1.54, 1.807) is 0 Å². The zero-order valence-corrected chi connectivity index (χ0v) is 11.5. The Hall–Kier alpha value is -1.91. The van der Waals surface area contributed by atoms with Crippen LogP contribution in [0, 0.1) is 0 Å². The molecule has 0 bridgehead atoms. The molecule has 104 valence electrons. The van der Waals surface area contributed by atoms with Crippen molar-refractivity contribution in [1.82, 2.24) is 0 Å². The average Bonchev–Trinajstić information content (AvgIpc) is 2.35. The lowest BCUT2D eigenvalue weighted by atomic mass is 9.98.